The second-order valence-electron chi connectivity index (χ2n) is 3.56. The van der Waals surface area contributed by atoms with Crippen LogP contribution in [0.4, 0.5) is 4.39 Å². The molecule has 13 heavy (non-hydrogen) atoms. The highest BCUT2D eigenvalue weighted by molar-refractivity contribution is 5.15. The number of halogens is 1. The van der Waals surface area contributed by atoms with Crippen molar-refractivity contribution in [3.05, 3.63) is 29.8 Å². The topological polar surface area (TPSA) is 48.1 Å². The minimum absolute atomic E-state index is 0.289. The van der Waals surface area contributed by atoms with Crippen LogP contribution in [0.25, 0.3) is 0 Å². The molecule has 0 spiro atoms. The average Bonchev–Trinajstić information content (AvgIpc) is 2.05. The summed E-state index contributed by atoms with van der Waals surface area (Å²) in [7, 11) is 0. The maximum absolute atomic E-state index is 12.5. The Morgan fingerprint density at radius 3 is 2.69 bits per heavy atom. The summed E-state index contributed by atoms with van der Waals surface area (Å²) in [6.07, 6.45) is 1.19. The molecule has 3 nitrogen and oxygen atoms in total. The lowest BCUT2D eigenvalue weighted by Crippen LogP contribution is -2.27. The van der Waals surface area contributed by atoms with Gasteiger partial charge in [-0.25, -0.2) is 10.3 Å². The summed E-state index contributed by atoms with van der Waals surface area (Å²) in [5.41, 5.74) is 0.474. The van der Waals surface area contributed by atoms with E-state index in [1.54, 1.807) is 6.07 Å². The molecule has 0 fully saturated rings. The minimum atomic E-state index is -0.340. The summed E-state index contributed by atoms with van der Waals surface area (Å²) >= 11 is 0. The SMILES string of the molecule is CC(C)(CON)c1ccc(F)cn1. The standard InChI is InChI=1S/C9H13FN2O/c1-9(2,6-13-11)8-4-3-7(10)5-12-8/h3-5H,6,11H2,1-2H3. The fourth-order valence-corrected chi connectivity index (χ4v) is 1.06. The van der Waals surface area contributed by atoms with Crippen LogP contribution in [0.3, 0.4) is 0 Å². The smallest absolute Gasteiger partial charge is 0.141 e. The van der Waals surface area contributed by atoms with E-state index in [4.69, 9.17) is 5.90 Å². The highest BCUT2D eigenvalue weighted by Crippen LogP contribution is 2.20. The molecule has 2 N–H and O–H groups in total. The number of hydrogen-bond donors (Lipinski definition) is 1. The average molecular weight is 184 g/mol. The van der Waals surface area contributed by atoms with Crippen molar-refractivity contribution in [2.75, 3.05) is 6.61 Å². The minimum Gasteiger partial charge on any atom is -0.304 e. The third-order valence-corrected chi connectivity index (χ3v) is 1.86. The summed E-state index contributed by atoms with van der Waals surface area (Å²) in [6.45, 7) is 4.21. The molecule has 0 aliphatic heterocycles. The molecule has 1 aromatic heterocycles. The third-order valence-electron chi connectivity index (χ3n) is 1.86. The van der Waals surface area contributed by atoms with Gasteiger partial charge in [0, 0.05) is 11.1 Å². The van der Waals surface area contributed by atoms with E-state index in [1.165, 1.54) is 12.3 Å². The molecule has 0 bridgehead atoms. The van der Waals surface area contributed by atoms with Crippen LogP contribution in [0.1, 0.15) is 19.5 Å². The lowest BCUT2D eigenvalue weighted by atomic mass is 9.90. The van der Waals surface area contributed by atoms with Crippen LogP contribution in [0, 0.1) is 5.82 Å². The molecule has 0 amide bonds. The van der Waals surface area contributed by atoms with Crippen molar-refractivity contribution in [3.8, 4) is 0 Å². The molecule has 0 saturated heterocycles. The highest BCUT2D eigenvalue weighted by atomic mass is 19.1. The number of rotatable bonds is 3. The van der Waals surface area contributed by atoms with Crippen LogP contribution in [0.2, 0.25) is 0 Å². The zero-order chi connectivity index (χ0) is 9.90. The van der Waals surface area contributed by atoms with E-state index in [1.807, 2.05) is 13.8 Å². The van der Waals surface area contributed by atoms with Crippen molar-refractivity contribution in [2.24, 2.45) is 5.90 Å². The molecule has 1 heterocycles. The molecule has 0 saturated carbocycles. The molecule has 0 radical (unpaired) electrons. The molecule has 1 aromatic rings. The predicted octanol–water partition coefficient (Wildman–Crippen LogP) is 1.39. The van der Waals surface area contributed by atoms with E-state index in [2.05, 4.69) is 9.82 Å². The lowest BCUT2D eigenvalue weighted by molar-refractivity contribution is 0.0949. The van der Waals surface area contributed by atoms with Crippen LogP contribution in [0.5, 0.6) is 0 Å². The van der Waals surface area contributed by atoms with Crippen LogP contribution < -0.4 is 5.90 Å². The number of nitrogens with zero attached hydrogens (tertiary/aromatic N) is 1. The van der Waals surface area contributed by atoms with Gasteiger partial charge in [0.15, 0.2) is 0 Å². The molecular weight excluding hydrogens is 171 g/mol. The van der Waals surface area contributed by atoms with Gasteiger partial charge in [-0.15, -0.1) is 0 Å². The molecule has 72 valence electrons. The molecular formula is C9H13FN2O. The normalized spacial score (nSPS) is 11.7. The van der Waals surface area contributed by atoms with Gasteiger partial charge in [-0.2, -0.15) is 0 Å². The van der Waals surface area contributed by atoms with Crippen LogP contribution in [0.15, 0.2) is 18.3 Å². The lowest BCUT2D eigenvalue weighted by Gasteiger charge is -2.21. The van der Waals surface area contributed by atoms with Gasteiger partial charge >= 0.3 is 0 Å². The Balaban J connectivity index is 2.87. The van der Waals surface area contributed by atoms with Crippen LogP contribution in [-0.4, -0.2) is 11.6 Å². The first kappa shape index (κ1) is 10.1. The highest BCUT2D eigenvalue weighted by Gasteiger charge is 2.22. The monoisotopic (exact) mass is 184 g/mol. The first-order chi connectivity index (χ1) is 6.06. The zero-order valence-corrected chi connectivity index (χ0v) is 7.75. The molecule has 1 rings (SSSR count). The van der Waals surface area contributed by atoms with Gasteiger partial charge in [0.25, 0.3) is 0 Å². The summed E-state index contributed by atoms with van der Waals surface area (Å²) in [6, 6.07) is 3.01. The van der Waals surface area contributed by atoms with E-state index in [0.29, 0.717) is 6.61 Å². The number of aromatic nitrogens is 1. The van der Waals surface area contributed by atoms with Gasteiger partial charge in [-0.05, 0) is 12.1 Å². The quantitative estimate of drug-likeness (QED) is 0.722. The molecule has 0 aliphatic carbocycles. The van der Waals surface area contributed by atoms with Crippen molar-refractivity contribution in [1.29, 1.82) is 0 Å². The van der Waals surface area contributed by atoms with Crippen molar-refractivity contribution >= 4 is 0 Å². The number of pyridine rings is 1. The van der Waals surface area contributed by atoms with Crippen LogP contribution >= 0.6 is 0 Å². The zero-order valence-electron chi connectivity index (χ0n) is 7.75. The van der Waals surface area contributed by atoms with Gasteiger partial charge in [0.1, 0.15) is 5.82 Å². The largest absolute Gasteiger partial charge is 0.304 e. The second kappa shape index (κ2) is 3.81. The van der Waals surface area contributed by atoms with E-state index >= 15 is 0 Å². The fourth-order valence-electron chi connectivity index (χ4n) is 1.06. The summed E-state index contributed by atoms with van der Waals surface area (Å²) in [5, 5.41) is 0. The number of hydrogen-bond acceptors (Lipinski definition) is 3. The fraction of sp³-hybridized carbons (Fsp3) is 0.444. The first-order valence-electron chi connectivity index (χ1n) is 4.00. The molecule has 0 aliphatic rings. The third kappa shape index (κ3) is 2.47. The molecule has 0 unspecified atom stereocenters. The van der Waals surface area contributed by atoms with E-state index in [-0.39, 0.29) is 11.2 Å². The maximum Gasteiger partial charge on any atom is 0.141 e. The Kier molecular flexibility index (Phi) is 2.95. The Hall–Kier alpha value is -1.00. The summed E-state index contributed by atoms with van der Waals surface area (Å²) < 4.78 is 12.5. The summed E-state index contributed by atoms with van der Waals surface area (Å²) in [4.78, 5) is 8.52. The summed E-state index contributed by atoms with van der Waals surface area (Å²) in [5.74, 6) is 4.64. The van der Waals surface area contributed by atoms with Crippen LogP contribution in [-0.2, 0) is 10.3 Å². The second-order valence-corrected chi connectivity index (χ2v) is 3.56. The van der Waals surface area contributed by atoms with E-state index < -0.39 is 0 Å². The molecule has 4 heteroatoms. The molecule has 0 atom stereocenters. The van der Waals surface area contributed by atoms with Crippen molar-refractivity contribution < 1.29 is 9.23 Å². The number of nitrogens with two attached hydrogens (primary N) is 1. The van der Waals surface area contributed by atoms with Gasteiger partial charge < -0.3 is 4.84 Å². The van der Waals surface area contributed by atoms with E-state index in [0.717, 1.165) is 5.69 Å². The Morgan fingerprint density at radius 2 is 2.23 bits per heavy atom. The van der Waals surface area contributed by atoms with Crippen molar-refractivity contribution in [1.82, 2.24) is 4.98 Å². The Labute approximate surface area is 76.7 Å². The van der Waals surface area contributed by atoms with Gasteiger partial charge in [0.2, 0.25) is 0 Å². The Bertz CT molecular complexity index is 271. The van der Waals surface area contributed by atoms with Crippen molar-refractivity contribution in [3.63, 3.8) is 0 Å². The Morgan fingerprint density at radius 1 is 1.54 bits per heavy atom. The van der Waals surface area contributed by atoms with Gasteiger partial charge in [-0.3, -0.25) is 4.98 Å². The maximum atomic E-state index is 12.5. The van der Waals surface area contributed by atoms with E-state index in [9.17, 15) is 4.39 Å². The van der Waals surface area contributed by atoms with Gasteiger partial charge in [0.05, 0.1) is 12.8 Å². The molecule has 0 aromatic carbocycles. The van der Waals surface area contributed by atoms with Gasteiger partial charge in [-0.1, -0.05) is 13.8 Å². The van der Waals surface area contributed by atoms with Crippen molar-refractivity contribution in [2.45, 2.75) is 19.3 Å². The first-order valence-corrected chi connectivity index (χ1v) is 4.00. The predicted molar refractivity (Wildman–Crippen MR) is 47.4 cm³/mol.